The van der Waals surface area contributed by atoms with Crippen molar-refractivity contribution >= 4 is 29.4 Å². The number of hydrogen-bond donors (Lipinski definition) is 1. The van der Waals surface area contributed by atoms with Gasteiger partial charge in [-0.1, -0.05) is 58.4 Å². The molecule has 9 heteroatoms. The quantitative estimate of drug-likeness (QED) is 0.194. The molecule has 0 saturated heterocycles. The molecule has 0 aliphatic heterocycles. The van der Waals surface area contributed by atoms with Crippen LogP contribution in [0.25, 0.3) is 11.3 Å². The lowest BCUT2D eigenvalue weighted by Crippen LogP contribution is -2.25. The van der Waals surface area contributed by atoms with E-state index in [9.17, 15) is 14.9 Å². The van der Waals surface area contributed by atoms with Crippen molar-refractivity contribution in [1.29, 1.82) is 0 Å². The summed E-state index contributed by atoms with van der Waals surface area (Å²) in [5.41, 5.74) is 4.24. The Kier molecular flexibility index (Phi) is 8.20. The fourth-order valence-corrected chi connectivity index (χ4v) is 4.43. The third-order valence-corrected chi connectivity index (χ3v) is 5.73. The molecule has 36 heavy (non-hydrogen) atoms. The minimum atomic E-state index is -0.522. The highest BCUT2D eigenvalue weighted by Gasteiger charge is 2.27. The molecule has 1 heterocycles. The van der Waals surface area contributed by atoms with E-state index < -0.39 is 10.8 Å². The molecule has 3 aromatic rings. The van der Waals surface area contributed by atoms with Crippen LogP contribution in [0.4, 0.5) is 5.69 Å². The van der Waals surface area contributed by atoms with E-state index >= 15 is 0 Å². The summed E-state index contributed by atoms with van der Waals surface area (Å²) in [5.74, 6) is 0.961. The topological polar surface area (TPSA) is 107 Å². The van der Waals surface area contributed by atoms with Gasteiger partial charge in [0, 0.05) is 17.7 Å². The number of nitro groups is 1. The Hall–Kier alpha value is -3.65. The summed E-state index contributed by atoms with van der Waals surface area (Å²) in [6.07, 6.45) is 2.38. The zero-order chi connectivity index (χ0) is 26.5. The molecular formula is C27H30ClN3O5. The van der Waals surface area contributed by atoms with Gasteiger partial charge in [0.25, 0.3) is 11.6 Å². The molecule has 0 aliphatic rings. The van der Waals surface area contributed by atoms with E-state index in [1.165, 1.54) is 30.0 Å². The van der Waals surface area contributed by atoms with Crippen LogP contribution in [0.2, 0.25) is 5.02 Å². The maximum Gasteiger partial charge on any atom is 0.277 e. The Bertz CT molecular complexity index is 1260. The van der Waals surface area contributed by atoms with Gasteiger partial charge in [-0.15, -0.1) is 0 Å². The number of nitro benzene ring substituents is 1. The number of benzene rings is 2. The van der Waals surface area contributed by atoms with E-state index in [-0.39, 0.29) is 28.1 Å². The van der Waals surface area contributed by atoms with Crippen molar-refractivity contribution in [1.82, 2.24) is 5.43 Å². The Morgan fingerprint density at radius 1 is 1.11 bits per heavy atom. The van der Waals surface area contributed by atoms with Gasteiger partial charge in [0.05, 0.1) is 16.2 Å². The summed E-state index contributed by atoms with van der Waals surface area (Å²) in [6.45, 7) is 10.9. The van der Waals surface area contributed by atoms with Gasteiger partial charge in [-0.25, -0.2) is 5.43 Å². The van der Waals surface area contributed by atoms with Gasteiger partial charge in [0.2, 0.25) is 0 Å². The number of carbonyl (C=O) groups excluding carboxylic acids is 1. The molecule has 1 aromatic heterocycles. The molecule has 0 bridgehead atoms. The predicted molar refractivity (Wildman–Crippen MR) is 141 cm³/mol. The third kappa shape index (κ3) is 7.42. The first kappa shape index (κ1) is 26.9. The highest BCUT2D eigenvalue weighted by atomic mass is 35.5. The van der Waals surface area contributed by atoms with Gasteiger partial charge >= 0.3 is 0 Å². The Morgan fingerprint density at radius 2 is 1.81 bits per heavy atom. The first-order chi connectivity index (χ1) is 16.8. The number of ether oxygens (including phenoxy) is 1. The molecule has 0 saturated carbocycles. The number of rotatable bonds is 9. The van der Waals surface area contributed by atoms with Gasteiger partial charge in [0.1, 0.15) is 17.3 Å². The normalized spacial score (nSPS) is 12.1. The van der Waals surface area contributed by atoms with Crippen LogP contribution in [0.5, 0.6) is 5.75 Å². The van der Waals surface area contributed by atoms with Crippen molar-refractivity contribution in [3.8, 4) is 17.1 Å². The molecule has 0 atom stereocenters. The number of nitrogens with zero attached hydrogens (tertiary/aromatic N) is 2. The van der Waals surface area contributed by atoms with E-state index in [1.54, 1.807) is 12.1 Å². The SMILES string of the molecule is CC(C)(C)CC(C)(C)c1ccc(OCC(=O)N/N=C\c2ccc(-c3ccc([N+](=O)[O-])cc3Cl)o2)cc1. The monoisotopic (exact) mass is 511 g/mol. The largest absolute Gasteiger partial charge is 0.484 e. The second-order valence-electron chi connectivity index (χ2n) is 10.4. The summed E-state index contributed by atoms with van der Waals surface area (Å²) in [5, 5.41) is 14.9. The summed E-state index contributed by atoms with van der Waals surface area (Å²) in [7, 11) is 0. The minimum Gasteiger partial charge on any atom is -0.484 e. The number of non-ortho nitro benzene ring substituents is 1. The molecular weight excluding hydrogens is 482 g/mol. The maximum absolute atomic E-state index is 12.1. The molecule has 3 rings (SSSR count). The fraction of sp³-hybridized carbons (Fsp3) is 0.333. The van der Waals surface area contributed by atoms with Crippen LogP contribution in [-0.4, -0.2) is 23.7 Å². The van der Waals surface area contributed by atoms with Gasteiger partial charge in [-0.3, -0.25) is 14.9 Å². The molecule has 0 aliphatic carbocycles. The van der Waals surface area contributed by atoms with Gasteiger partial charge in [-0.05, 0) is 53.1 Å². The minimum absolute atomic E-state index is 0.0262. The van der Waals surface area contributed by atoms with Crippen molar-refractivity contribution in [2.45, 2.75) is 46.5 Å². The van der Waals surface area contributed by atoms with E-state index in [4.69, 9.17) is 20.8 Å². The van der Waals surface area contributed by atoms with Gasteiger partial charge in [-0.2, -0.15) is 5.10 Å². The molecule has 190 valence electrons. The molecule has 0 radical (unpaired) electrons. The van der Waals surface area contributed by atoms with Crippen molar-refractivity contribution in [2.75, 3.05) is 6.61 Å². The smallest absolute Gasteiger partial charge is 0.277 e. The molecule has 2 aromatic carbocycles. The summed E-state index contributed by atoms with van der Waals surface area (Å²) in [6, 6.07) is 15.2. The van der Waals surface area contributed by atoms with Crippen LogP contribution in [0.3, 0.4) is 0 Å². The fourth-order valence-electron chi connectivity index (χ4n) is 4.16. The first-order valence-electron chi connectivity index (χ1n) is 11.4. The molecule has 1 amide bonds. The number of hydrazone groups is 1. The molecule has 0 spiro atoms. The van der Waals surface area contributed by atoms with E-state index in [1.807, 2.05) is 24.3 Å². The third-order valence-electron chi connectivity index (χ3n) is 5.41. The summed E-state index contributed by atoms with van der Waals surface area (Å²) in [4.78, 5) is 22.4. The van der Waals surface area contributed by atoms with Crippen molar-refractivity contribution in [3.05, 3.63) is 81.1 Å². The van der Waals surface area contributed by atoms with Crippen molar-refractivity contribution in [2.24, 2.45) is 10.5 Å². The highest BCUT2D eigenvalue weighted by molar-refractivity contribution is 6.33. The second kappa shape index (κ2) is 11.0. The van der Waals surface area contributed by atoms with Crippen molar-refractivity contribution < 1.29 is 18.9 Å². The van der Waals surface area contributed by atoms with E-state index in [0.29, 0.717) is 22.8 Å². The van der Waals surface area contributed by atoms with Crippen LogP contribution in [-0.2, 0) is 10.2 Å². The van der Waals surface area contributed by atoms with Crippen LogP contribution in [0, 0.1) is 15.5 Å². The maximum atomic E-state index is 12.1. The van der Waals surface area contributed by atoms with Gasteiger partial charge < -0.3 is 9.15 Å². The number of amides is 1. The van der Waals surface area contributed by atoms with Gasteiger partial charge in [0.15, 0.2) is 6.61 Å². The average molecular weight is 512 g/mol. The first-order valence-corrected chi connectivity index (χ1v) is 11.8. The Morgan fingerprint density at radius 3 is 2.42 bits per heavy atom. The van der Waals surface area contributed by atoms with Crippen molar-refractivity contribution in [3.63, 3.8) is 0 Å². The summed E-state index contributed by atoms with van der Waals surface area (Å²) < 4.78 is 11.2. The number of carbonyl (C=O) groups is 1. The second-order valence-corrected chi connectivity index (χ2v) is 10.8. The number of nitrogens with one attached hydrogen (secondary N) is 1. The number of halogens is 1. The lowest BCUT2D eigenvalue weighted by molar-refractivity contribution is -0.384. The Labute approximate surface area is 215 Å². The van der Waals surface area contributed by atoms with Crippen LogP contribution < -0.4 is 10.2 Å². The predicted octanol–water partition coefficient (Wildman–Crippen LogP) is 6.75. The number of hydrogen-bond acceptors (Lipinski definition) is 6. The highest BCUT2D eigenvalue weighted by Crippen LogP contribution is 2.36. The molecule has 8 nitrogen and oxygen atoms in total. The zero-order valence-electron chi connectivity index (χ0n) is 21.0. The molecule has 0 fully saturated rings. The van der Waals surface area contributed by atoms with E-state index in [0.717, 1.165) is 6.42 Å². The Balaban J connectivity index is 1.51. The number of furan rings is 1. The zero-order valence-corrected chi connectivity index (χ0v) is 21.8. The lowest BCUT2D eigenvalue weighted by atomic mass is 9.72. The molecule has 1 N–H and O–H groups in total. The molecule has 0 unspecified atom stereocenters. The van der Waals surface area contributed by atoms with Crippen LogP contribution >= 0.6 is 11.6 Å². The van der Waals surface area contributed by atoms with E-state index in [2.05, 4.69) is 45.1 Å². The average Bonchev–Trinajstić information content (AvgIpc) is 3.25. The lowest BCUT2D eigenvalue weighted by Gasteiger charge is -2.33. The summed E-state index contributed by atoms with van der Waals surface area (Å²) >= 11 is 6.14. The van der Waals surface area contributed by atoms with Crippen LogP contribution in [0.15, 0.2) is 64.1 Å². The standard InChI is InChI=1S/C27H30ClN3O5/c1-26(2,3)17-27(4,5)18-6-9-20(10-7-18)35-16-25(32)30-29-15-21-11-13-24(36-21)22-12-8-19(31(33)34)14-23(22)28/h6-15H,16-17H2,1-5H3,(H,30,32)/b29-15-. The van der Waals surface area contributed by atoms with Crippen LogP contribution in [0.1, 0.15) is 52.4 Å².